The molecule has 0 aromatic heterocycles. The standard InChI is InChI=1S/C11H10O4.3C2H4O2/c1-15-10-5-6(12)4-7-8(13)2-3-9(14)11(7)10;3*1-2(3)4/h2-5,12-14H,1H3;3*1H3,(H,3,4). The van der Waals surface area contributed by atoms with Gasteiger partial charge < -0.3 is 35.4 Å². The molecule has 0 heterocycles. The molecule has 0 spiro atoms. The third kappa shape index (κ3) is 12.3. The van der Waals surface area contributed by atoms with E-state index >= 15 is 0 Å². The van der Waals surface area contributed by atoms with Gasteiger partial charge in [0.1, 0.15) is 23.0 Å². The zero-order chi connectivity index (χ0) is 21.7. The van der Waals surface area contributed by atoms with Gasteiger partial charge in [0.25, 0.3) is 17.9 Å². The summed E-state index contributed by atoms with van der Waals surface area (Å²) in [4.78, 5) is 27.0. The minimum atomic E-state index is -0.833. The smallest absolute Gasteiger partial charge is 0.300 e. The third-order valence-electron chi connectivity index (χ3n) is 2.24. The topological polar surface area (TPSA) is 182 Å². The van der Waals surface area contributed by atoms with Crippen LogP contribution < -0.4 is 4.74 Å². The van der Waals surface area contributed by atoms with Crippen molar-refractivity contribution in [1.29, 1.82) is 0 Å². The van der Waals surface area contributed by atoms with Gasteiger partial charge in [-0.05, 0) is 18.2 Å². The number of carboxylic acid groups (broad SMARTS) is 3. The monoisotopic (exact) mass is 386 g/mol. The molecule has 0 amide bonds. The fraction of sp³-hybridized carbons (Fsp3) is 0.235. The van der Waals surface area contributed by atoms with Crippen molar-refractivity contribution in [2.45, 2.75) is 20.8 Å². The highest BCUT2D eigenvalue weighted by Gasteiger charge is 2.11. The molecular weight excluding hydrogens is 364 g/mol. The predicted octanol–water partition coefficient (Wildman–Crippen LogP) is 2.24. The second-order valence-corrected chi connectivity index (χ2v) is 4.73. The molecule has 2 aromatic rings. The molecule has 27 heavy (non-hydrogen) atoms. The summed E-state index contributed by atoms with van der Waals surface area (Å²) in [6, 6.07) is 5.47. The summed E-state index contributed by atoms with van der Waals surface area (Å²) in [5.41, 5.74) is 0. The molecule has 10 heteroatoms. The van der Waals surface area contributed by atoms with E-state index in [1.807, 2.05) is 0 Å². The average molecular weight is 386 g/mol. The molecule has 2 rings (SSSR count). The number of aromatic hydroxyl groups is 3. The minimum absolute atomic E-state index is 0.000324. The van der Waals surface area contributed by atoms with Crippen LogP contribution in [-0.4, -0.2) is 55.7 Å². The molecule has 0 fully saturated rings. The van der Waals surface area contributed by atoms with E-state index in [9.17, 15) is 15.3 Å². The van der Waals surface area contributed by atoms with Gasteiger partial charge in [-0.2, -0.15) is 0 Å². The molecule has 6 N–H and O–H groups in total. The molecule has 0 bridgehead atoms. The Balaban J connectivity index is 0. The minimum Gasteiger partial charge on any atom is -0.508 e. The van der Waals surface area contributed by atoms with Crippen molar-refractivity contribution in [3.05, 3.63) is 24.3 Å². The molecule has 0 atom stereocenters. The van der Waals surface area contributed by atoms with Gasteiger partial charge in [0.2, 0.25) is 0 Å². The molecule has 0 aliphatic carbocycles. The number of rotatable bonds is 1. The average Bonchev–Trinajstić information content (AvgIpc) is 2.48. The van der Waals surface area contributed by atoms with E-state index in [1.165, 1.54) is 31.4 Å². The molecule has 2 aromatic carbocycles. The summed E-state index contributed by atoms with van der Waals surface area (Å²) in [5, 5.41) is 51.6. The van der Waals surface area contributed by atoms with Gasteiger partial charge in [0, 0.05) is 32.2 Å². The third-order valence-corrected chi connectivity index (χ3v) is 2.24. The summed E-state index contributed by atoms with van der Waals surface area (Å²) in [6.07, 6.45) is 0. The van der Waals surface area contributed by atoms with Gasteiger partial charge in [-0.15, -0.1) is 0 Å². The van der Waals surface area contributed by atoms with Crippen molar-refractivity contribution in [2.75, 3.05) is 7.11 Å². The van der Waals surface area contributed by atoms with Crippen molar-refractivity contribution < 1.29 is 49.8 Å². The van der Waals surface area contributed by atoms with Crippen LogP contribution in [0.4, 0.5) is 0 Å². The first-order valence-electron chi connectivity index (χ1n) is 7.13. The molecule has 10 nitrogen and oxygen atoms in total. The summed E-state index contributed by atoms with van der Waals surface area (Å²) < 4.78 is 5.01. The van der Waals surface area contributed by atoms with Crippen molar-refractivity contribution in [2.24, 2.45) is 0 Å². The summed E-state index contributed by atoms with van der Waals surface area (Å²) in [6.45, 7) is 3.25. The molecule has 0 aliphatic rings. The number of carboxylic acids is 3. The van der Waals surface area contributed by atoms with Crippen molar-refractivity contribution in [3.63, 3.8) is 0 Å². The number of hydrogen-bond donors (Lipinski definition) is 6. The lowest BCUT2D eigenvalue weighted by Crippen LogP contribution is -1.86. The van der Waals surface area contributed by atoms with Crippen LogP contribution in [0.5, 0.6) is 23.0 Å². The predicted molar refractivity (Wildman–Crippen MR) is 95.4 cm³/mol. The quantitative estimate of drug-likeness (QED) is 0.397. The zero-order valence-corrected chi connectivity index (χ0v) is 15.1. The number of hydrogen-bond acceptors (Lipinski definition) is 7. The van der Waals surface area contributed by atoms with E-state index in [2.05, 4.69) is 0 Å². The van der Waals surface area contributed by atoms with Gasteiger partial charge >= 0.3 is 0 Å². The number of phenols is 3. The number of methoxy groups -OCH3 is 1. The molecule has 0 unspecified atom stereocenters. The number of ether oxygens (including phenoxy) is 1. The number of benzene rings is 2. The molecule has 0 aliphatic heterocycles. The molecule has 0 saturated heterocycles. The molecule has 0 radical (unpaired) electrons. The largest absolute Gasteiger partial charge is 0.508 e. The second kappa shape index (κ2) is 12.6. The summed E-state index contributed by atoms with van der Waals surface area (Å²) in [7, 11) is 1.43. The first-order chi connectivity index (χ1) is 12.3. The Bertz CT molecular complexity index is 742. The van der Waals surface area contributed by atoms with Gasteiger partial charge in [-0.3, -0.25) is 14.4 Å². The maximum atomic E-state index is 9.63. The van der Waals surface area contributed by atoms with Crippen molar-refractivity contribution in [1.82, 2.24) is 0 Å². The number of fused-ring (bicyclic) bond motifs is 1. The SMILES string of the molecule is CC(=O)O.CC(=O)O.CC(=O)O.COc1cc(O)cc2c(O)ccc(O)c12. The lowest BCUT2D eigenvalue weighted by Gasteiger charge is -2.09. The Morgan fingerprint density at radius 3 is 1.52 bits per heavy atom. The Labute approximate surface area is 154 Å². The first kappa shape index (κ1) is 25.5. The molecular formula is C17H22O10. The normalized spacial score (nSPS) is 8.59. The van der Waals surface area contributed by atoms with Gasteiger partial charge in [-0.1, -0.05) is 0 Å². The van der Waals surface area contributed by atoms with E-state index < -0.39 is 17.9 Å². The van der Waals surface area contributed by atoms with Gasteiger partial charge in [0.05, 0.1) is 12.5 Å². The van der Waals surface area contributed by atoms with E-state index in [0.29, 0.717) is 16.5 Å². The Kier molecular flexibility index (Phi) is 12.0. The maximum Gasteiger partial charge on any atom is 0.300 e. The maximum absolute atomic E-state index is 9.63. The van der Waals surface area contributed by atoms with Gasteiger partial charge in [0.15, 0.2) is 0 Å². The van der Waals surface area contributed by atoms with Crippen LogP contribution >= 0.6 is 0 Å². The van der Waals surface area contributed by atoms with Crippen LogP contribution in [0.2, 0.25) is 0 Å². The number of phenolic OH excluding ortho intramolecular Hbond substituents is 3. The highest BCUT2D eigenvalue weighted by molar-refractivity contribution is 5.98. The van der Waals surface area contributed by atoms with Crippen molar-refractivity contribution in [3.8, 4) is 23.0 Å². The number of carbonyl (C=O) groups is 3. The van der Waals surface area contributed by atoms with Crippen LogP contribution in [0, 0.1) is 0 Å². The zero-order valence-electron chi connectivity index (χ0n) is 15.1. The van der Waals surface area contributed by atoms with E-state index in [0.717, 1.165) is 20.8 Å². The Morgan fingerprint density at radius 2 is 1.15 bits per heavy atom. The van der Waals surface area contributed by atoms with Crippen molar-refractivity contribution >= 4 is 28.7 Å². The van der Waals surface area contributed by atoms with Crippen LogP contribution in [-0.2, 0) is 14.4 Å². The molecule has 0 saturated carbocycles. The fourth-order valence-corrected chi connectivity index (χ4v) is 1.56. The van der Waals surface area contributed by atoms with Crippen LogP contribution in [0.25, 0.3) is 10.8 Å². The fourth-order valence-electron chi connectivity index (χ4n) is 1.56. The highest BCUT2D eigenvalue weighted by Crippen LogP contribution is 2.40. The van der Waals surface area contributed by atoms with Crippen LogP contribution in [0.3, 0.4) is 0 Å². The molecule has 150 valence electrons. The van der Waals surface area contributed by atoms with Crippen LogP contribution in [0.15, 0.2) is 24.3 Å². The summed E-state index contributed by atoms with van der Waals surface area (Å²) >= 11 is 0. The number of aliphatic carboxylic acids is 3. The van der Waals surface area contributed by atoms with E-state index in [1.54, 1.807) is 0 Å². The Hall–Kier alpha value is -3.69. The van der Waals surface area contributed by atoms with E-state index in [4.69, 9.17) is 34.4 Å². The van der Waals surface area contributed by atoms with Crippen LogP contribution in [0.1, 0.15) is 20.8 Å². The van der Waals surface area contributed by atoms with E-state index in [-0.39, 0.29) is 17.2 Å². The summed E-state index contributed by atoms with van der Waals surface area (Å²) in [5.74, 6) is -2.23. The lowest BCUT2D eigenvalue weighted by molar-refractivity contribution is -0.135. The lowest BCUT2D eigenvalue weighted by atomic mass is 10.1. The van der Waals surface area contributed by atoms with Gasteiger partial charge in [-0.25, -0.2) is 0 Å². The highest BCUT2D eigenvalue weighted by atomic mass is 16.5. The second-order valence-electron chi connectivity index (χ2n) is 4.73. The first-order valence-corrected chi connectivity index (χ1v) is 7.13. The Morgan fingerprint density at radius 1 is 0.778 bits per heavy atom.